The Kier molecular flexibility index (Phi) is 4.18. The minimum Gasteiger partial charge on any atom is -0.375 e. The zero-order valence-electron chi connectivity index (χ0n) is 11.3. The fraction of sp³-hybridized carbons (Fsp3) is 0.467. The van der Waals surface area contributed by atoms with Crippen molar-refractivity contribution in [3.8, 4) is 6.07 Å². The lowest BCUT2D eigenvalue weighted by atomic mass is 10.1. The summed E-state index contributed by atoms with van der Waals surface area (Å²) in [5, 5.41) is 8.90. The van der Waals surface area contributed by atoms with E-state index in [2.05, 4.69) is 13.0 Å². The van der Waals surface area contributed by atoms with Gasteiger partial charge in [0, 0.05) is 12.1 Å². The number of nitriles is 1. The highest BCUT2D eigenvalue weighted by atomic mass is 16.5. The van der Waals surface area contributed by atoms with Gasteiger partial charge in [-0.1, -0.05) is 13.0 Å². The van der Waals surface area contributed by atoms with Gasteiger partial charge in [-0.05, 0) is 31.5 Å². The fourth-order valence-corrected chi connectivity index (χ4v) is 2.32. The summed E-state index contributed by atoms with van der Waals surface area (Å²) >= 11 is 0. The monoisotopic (exact) mass is 258 g/mol. The second-order valence-corrected chi connectivity index (χ2v) is 4.86. The van der Waals surface area contributed by atoms with Crippen LogP contribution < -0.4 is 0 Å². The average molecular weight is 258 g/mol. The van der Waals surface area contributed by atoms with Crippen LogP contribution in [0.15, 0.2) is 24.3 Å². The Morgan fingerprint density at radius 1 is 1.58 bits per heavy atom. The molecular formula is C15H18N2O2. The number of hydrogen-bond acceptors (Lipinski definition) is 3. The number of hydrogen-bond donors (Lipinski definition) is 0. The third-order valence-corrected chi connectivity index (χ3v) is 3.44. The van der Waals surface area contributed by atoms with E-state index >= 15 is 0 Å². The molecule has 1 aliphatic heterocycles. The van der Waals surface area contributed by atoms with Crippen molar-refractivity contribution in [3.63, 3.8) is 0 Å². The molecule has 4 nitrogen and oxygen atoms in total. The Bertz CT molecular complexity index is 507. The second kappa shape index (κ2) is 5.85. The molecule has 1 aromatic rings. The lowest BCUT2D eigenvalue weighted by Gasteiger charge is -2.38. The maximum Gasteiger partial charge on any atom is 0.254 e. The van der Waals surface area contributed by atoms with Crippen LogP contribution in [0.4, 0.5) is 0 Å². The number of morpholine rings is 1. The van der Waals surface area contributed by atoms with Gasteiger partial charge < -0.3 is 9.64 Å². The van der Waals surface area contributed by atoms with Crippen molar-refractivity contribution >= 4 is 5.91 Å². The van der Waals surface area contributed by atoms with Gasteiger partial charge in [0.15, 0.2) is 0 Å². The largest absolute Gasteiger partial charge is 0.375 e. The zero-order valence-corrected chi connectivity index (χ0v) is 11.3. The van der Waals surface area contributed by atoms with Gasteiger partial charge in [-0.15, -0.1) is 0 Å². The van der Waals surface area contributed by atoms with Gasteiger partial charge in [0.1, 0.15) is 0 Å². The number of rotatable bonds is 2. The van der Waals surface area contributed by atoms with Crippen molar-refractivity contribution in [1.82, 2.24) is 4.90 Å². The number of amides is 1. The lowest BCUT2D eigenvalue weighted by Crippen LogP contribution is -2.51. The van der Waals surface area contributed by atoms with Gasteiger partial charge in [0.05, 0.1) is 30.4 Å². The summed E-state index contributed by atoms with van der Waals surface area (Å²) in [6.45, 7) is 5.21. The third-order valence-electron chi connectivity index (χ3n) is 3.44. The van der Waals surface area contributed by atoms with E-state index < -0.39 is 0 Å². The van der Waals surface area contributed by atoms with Gasteiger partial charge in [-0.2, -0.15) is 5.26 Å². The molecule has 0 saturated carbocycles. The molecule has 2 atom stereocenters. The smallest absolute Gasteiger partial charge is 0.254 e. The van der Waals surface area contributed by atoms with Gasteiger partial charge in [-0.3, -0.25) is 4.79 Å². The first-order valence-electron chi connectivity index (χ1n) is 6.58. The van der Waals surface area contributed by atoms with Gasteiger partial charge >= 0.3 is 0 Å². The van der Waals surface area contributed by atoms with E-state index in [4.69, 9.17) is 10.00 Å². The molecule has 0 radical (unpaired) electrons. The summed E-state index contributed by atoms with van der Waals surface area (Å²) in [5.74, 6) is -0.0147. The molecule has 0 N–H and O–H groups in total. The number of nitrogens with zero attached hydrogens (tertiary/aromatic N) is 2. The number of ether oxygens (including phenoxy) is 1. The summed E-state index contributed by atoms with van der Waals surface area (Å²) in [5.41, 5.74) is 1.09. The third kappa shape index (κ3) is 2.94. The summed E-state index contributed by atoms with van der Waals surface area (Å²) in [7, 11) is 0. The lowest BCUT2D eigenvalue weighted by molar-refractivity contribution is -0.0444. The highest BCUT2D eigenvalue weighted by Gasteiger charge is 2.29. The van der Waals surface area contributed by atoms with Gasteiger partial charge in [0.25, 0.3) is 5.91 Å². The summed E-state index contributed by atoms with van der Waals surface area (Å²) in [6, 6.07) is 9.04. The first-order valence-corrected chi connectivity index (χ1v) is 6.58. The van der Waals surface area contributed by atoms with Crippen LogP contribution in [0.2, 0.25) is 0 Å². The van der Waals surface area contributed by atoms with Crippen molar-refractivity contribution in [2.75, 3.05) is 13.2 Å². The predicted octanol–water partition coefficient (Wildman–Crippen LogP) is 2.20. The predicted molar refractivity (Wildman–Crippen MR) is 71.7 cm³/mol. The molecule has 0 aromatic heterocycles. The van der Waals surface area contributed by atoms with Crippen molar-refractivity contribution < 1.29 is 9.53 Å². The van der Waals surface area contributed by atoms with Crippen molar-refractivity contribution in [1.29, 1.82) is 5.26 Å². The summed E-state index contributed by atoms with van der Waals surface area (Å²) in [6.07, 6.45) is 0.932. The highest BCUT2D eigenvalue weighted by Crippen LogP contribution is 2.18. The number of carbonyl (C=O) groups excluding carboxylic acids is 1. The topological polar surface area (TPSA) is 53.3 Å². The van der Waals surface area contributed by atoms with E-state index in [0.717, 1.165) is 6.42 Å². The minimum atomic E-state index is -0.0147. The van der Waals surface area contributed by atoms with Crippen LogP contribution in [0, 0.1) is 11.3 Å². The molecule has 4 heteroatoms. The van der Waals surface area contributed by atoms with E-state index in [9.17, 15) is 4.79 Å². The van der Waals surface area contributed by atoms with E-state index in [-0.39, 0.29) is 18.1 Å². The Morgan fingerprint density at radius 2 is 2.37 bits per heavy atom. The quantitative estimate of drug-likeness (QED) is 0.817. The molecular weight excluding hydrogens is 240 g/mol. The molecule has 2 rings (SSSR count). The first-order chi connectivity index (χ1) is 9.15. The van der Waals surface area contributed by atoms with E-state index in [1.165, 1.54) is 0 Å². The van der Waals surface area contributed by atoms with Crippen LogP contribution in [-0.4, -0.2) is 36.1 Å². The SMILES string of the molecule is CCC1COC(C)CN1C(=O)c1cccc(C#N)c1. The van der Waals surface area contributed by atoms with Gasteiger partial charge in [-0.25, -0.2) is 0 Å². The molecule has 1 heterocycles. The van der Waals surface area contributed by atoms with Crippen LogP contribution >= 0.6 is 0 Å². The Hall–Kier alpha value is -1.86. The van der Waals surface area contributed by atoms with E-state index in [1.807, 2.05) is 11.8 Å². The van der Waals surface area contributed by atoms with Crippen LogP contribution in [0.3, 0.4) is 0 Å². The molecule has 0 bridgehead atoms. The Balaban J connectivity index is 2.23. The minimum absolute atomic E-state index is 0.0147. The van der Waals surface area contributed by atoms with Crippen LogP contribution in [0.5, 0.6) is 0 Å². The van der Waals surface area contributed by atoms with Crippen molar-refractivity contribution in [3.05, 3.63) is 35.4 Å². The van der Waals surface area contributed by atoms with Gasteiger partial charge in [0.2, 0.25) is 0 Å². The Labute approximate surface area is 113 Å². The molecule has 1 amide bonds. The van der Waals surface area contributed by atoms with E-state index in [1.54, 1.807) is 24.3 Å². The summed E-state index contributed by atoms with van der Waals surface area (Å²) < 4.78 is 5.60. The molecule has 100 valence electrons. The number of benzene rings is 1. The molecule has 0 spiro atoms. The second-order valence-electron chi connectivity index (χ2n) is 4.86. The average Bonchev–Trinajstić information content (AvgIpc) is 2.46. The Morgan fingerprint density at radius 3 is 3.05 bits per heavy atom. The molecule has 1 aliphatic rings. The summed E-state index contributed by atoms with van der Waals surface area (Å²) in [4.78, 5) is 14.4. The maximum absolute atomic E-state index is 12.5. The molecule has 1 fully saturated rings. The van der Waals surface area contributed by atoms with Crippen molar-refractivity contribution in [2.45, 2.75) is 32.4 Å². The molecule has 1 saturated heterocycles. The molecule has 2 unspecified atom stereocenters. The molecule has 19 heavy (non-hydrogen) atoms. The van der Waals surface area contributed by atoms with Crippen LogP contribution in [-0.2, 0) is 4.74 Å². The first kappa shape index (κ1) is 13.6. The van der Waals surface area contributed by atoms with Crippen molar-refractivity contribution in [2.24, 2.45) is 0 Å². The van der Waals surface area contributed by atoms with Crippen LogP contribution in [0.25, 0.3) is 0 Å². The number of carbonyl (C=O) groups is 1. The van der Waals surface area contributed by atoms with Crippen LogP contribution in [0.1, 0.15) is 36.2 Å². The highest BCUT2D eigenvalue weighted by molar-refractivity contribution is 5.94. The maximum atomic E-state index is 12.5. The standard InChI is InChI=1S/C15H18N2O2/c1-3-14-10-19-11(2)9-17(14)15(18)13-6-4-5-12(7-13)8-16/h4-7,11,14H,3,9-10H2,1-2H3. The molecule has 0 aliphatic carbocycles. The zero-order chi connectivity index (χ0) is 13.8. The van der Waals surface area contributed by atoms with E-state index in [0.29, 0.717) is 24.3 Å². The molecule has 1 aromatic carbocycles. The fourth-order valence-electron chi connectivity index (χ4n) is 2.32. The normalized spacial score (nSPS) is 22.9.